The molecule has 7 nitrogen and oxygen atoms in total. The molecule has 1 heterocycles. The van der Waals surface area contributed by atoms with Crippen molar-refractivity contribution in [3.63, 3.8) is 0 Å². The van der Waals surface area contributed by atoms with Gasteiger partial charge < -0.3 is 10.4 Å². The Morgan fingerprint density at radius 1 is 1.50 bits per heavy atom. The lowest BCUT2D eigenvalue weighted by Gasteiger charge is -2.12. The number of aliphatic hydroxyl groups excluding tert-OH is 1. The second-order valence-corrected chi connectivity index (χ2v) is 3.82. The number of rotatable bonds is 4. The number of para-hydroxylation sites is 1. The molecule has 0 fully saturated rings. The molecule has 18 heavy (non-hydrogen) atoms. The molecule has 2 rings (SSSR count). The first-order valence-corrected chi connectivity index (χ1v) is 5.44. The Kier molecular flexibility index (Phi) is 3.63. The van der Waals surface area contributed by atoms with E-state index < -0.39 is 6.10 Å². The summed E-state index contributed by atoms with van der Waals surface area (Å²) in [5.74, 6) is -0.254. The summed E-state index contributed by atoms with van der Waals surface area (Å²) in [6.45, 7) is 1.67. The topological polar surface area (TPSA) is 92.9 Å². The lowest BCUT2D eigenvalue weighted by Crippen LogP contribution is -2.20. The molecular weight excluding hydrogens is 234 g/mol. The molecule has 0 spiro atoms. The molecule has 0 bridgehead atoms. The van der Waals surface area contributed by atoms with Crippen molar-refractivity contribution in [1.29, 1.82) is 0 Å². The molecule has 0 aliphatic heterocycles. The lowest BCUT2D eigenvalue weighted by atomic mass is 10.1. The van der Waals surface area contributed by atoms with Crippen molar-refractivity contribution in [3.8, 4) is 0 Å². The summed E-state index contributed by atoms with van der Waals surface area (Å²) in [5.41, 5.74) is 1.26. The zero-order valence-electron chi connectivity index (χ0n) is 9.82. The van der Waals surface area contributed by atoms with E-state index in [1.165, 1.54) is 11.0 Å². The molecule has 7 heteroatoms. The van der Waals surface area contributed by atoms with Crippen LogP contribution in [0.1, 0.15) is 18.6 Å². The quantitative estimate of drug-likeness (QED) is 0.814. The van der Waals surface area contributed by atoms with Crippen LogP contribution in [-0.4, -0.2) is 31.2 Å². The second-order valence-electron chi connectivity index (χ2n) is 3.82. The number of carbonyl (C=O) groups excluding carboxylic acids is 1. The van der Waals surface area contributed by atoms with E-state index in [1.54, 1.807) is 31.2 Å². The Hall–Kier alpha value is -2.28. The summed E-state index contributed by atoms with van der Waals surface area (Å²) >= 11 is 0. The Bertz CT molecular complexity index is 524. The van der Waals surface area contributed by atoms with E-state index in [2.05, 4.69) is 20.8 Å². The van der Waals surface area contributed by atoms with Crippen molar-refractivity contribution in [2.75, 3.05) is 5.32 Å². The van der Waals surface area contributed by atoms with Gasteiger partial charge in [0.05, 0.1) is 6.10 Å². The van der Waals surface area contributed by atoms with Crippen molar-refractivity contribution in [2.24, 2.45) is 0 Å². The molecule has 0 radical (unpaired) electrons. The normalized spacial score (nSPS) is 12.1. The van der Waals surface area contributed by atoms with Gasteiger partial charge in [-0.3, -0.25) is 4.79 Å². The number of amides is 1. The first kappa shape index (κ1) is 12.2. The fourth-order valence-corrected chi connectivity index (χ4v) is 1.56. The van der Waals surface area contributed by atoms with E-state index in [1.807, 2.05) is 0 Å². The molecule has 0 aliphatic carbocycles. The maximum atomic E-state index is 11.7. The molecule has 1 amide bonds. The average molecular weight is 247 g/mol. The van der Waals surface area contributed by atoms with Crippen LogP contribution in [-0.2, 0) is 11.3 Å². The molecule has 0 saturated heterocycles. The van der Waals surface area contributed by atoms with Crippen LogP contribution in [0.5, 0.6) is 0 Å². The van der Waals surface area contributed by atoms with Gasteiger partial charge in [-0.2, -0.15) is 0 Å². The smallest absolute Gasteiger partial charge is 0.246 e. The average Bonchev–Trinajstić information content (AvgIpc) is 2.82. The van der Waals surface area contributed by atoms with Crippen molar-refractivity contribution < 1.29 is 9.90 Å². The monoisotopic (exact) mass is 247 g/mol. The Labute approximate surface area is 103 Å². The van der Waals surface area contributed by atoms with E-state index in [0.29, 0.717) is 11.3 Å². The third-order valence-electron chi connectivity index (χ3n) is 2.38. The number of nitrogens with zero attached hydrogens (tertiary/aromatic N) is 4. The predicted octanol–water partition coefficient (Wildman–Crippen LogP) is 0.365. The molecule has 1 aromatic heterocycles. The summed E-state index contributed by atoms with van der Waals surface area (Å²) in [4.78, 5) is 11.7. The van der Waals surface area contributed by atoms with Gasteiger partial charge in [-0.05, 0) is 23.4 Å². The van der Waals surface area contributed by atoms with E-state index in [9.17, 15) is 9.90 Å². The molecule has 2 N–H and O–H groups in total. The molecule has 1 aromatic carbocycles. The summed E-state index contributed by atoms with van der Waals surface area (Å²) in [6.07, 6.45) is 0.717. The van der Waals surface area contributed by atoms with Crippen LogP contribution in [0.15, 0.2) is 30.6 Å². The molecule has 0 saturated carbocycles. The van der Waals surface area contributed by atoms with Crippen LogP contribution in [0.2, 0.25) is 0 Å². The number of hydrogen-bond donors (Lipinski definition) is 2. The van der Waals surface area contributed by atoms with Crippen LogP contribution in [0.25, 0.3) is 0 Å². The number of hydrogen-bond acceptors (Lipinski definition) is 5. The number of tetrazole rings is 1. The van der Waals surface area contributed by atoms with E-state index >= 15 is 0 Å². The Balaban J connectivity index is 2.07. The summed E-state index contributed by atoms with van der Waals surface area (Å²) in [6, 6.07) is 7.09. The maximum Gasteiger partial charge on any atom is 0.246 e. The van der Waals surface area contributed by atoms with Crippen molar-refractivity contribution in [1.82, 2.24) is 20.2 Å². The summed E-state index contributed by atoms with van der Waals surface area (Å²) in [7, 11) is 0. The largest absolute Gasteiger partial charge is 0.389 e. The number of benzene rings is 1. The minimum Gasteiger partial charge on any atom is -0.389 e. The lowest BCUT2D eigenvalue weighted by molar-refractivity contribution is -0.116. The standard InChI is InChI=1S/C11H13N5O2/c1-8(17)9-4-2-3-5-10(9)13-11(18)6-16-7-12-14-15-16/h2-5,7-8,17H,6H2,1H3,(H,13,18). The van der Waals surface area contributed by atoms with Gasteiger partial charge in [0.25, 0.3) is 0 Å². The number of aliphatic hydroxyl groups is 1. The first-order valence-electron chi connectivity index (χ1n) is 5.44. The maximum absolute atomic E-state index is 11.7. The van der Waals surface area contributed by atoms with Crippen molar-refractivity contribution >= 4 is 11.6 Å². The van der Waals surface area contributed by atoms with Gasteiger partial charge in [0.15, 0.2) is 0 Å². The van der Waals surface area contributed by atoms with Crippen LogP contribution < -0.4 is 5.32 Å². The van der Waals surface area contributed by atoms with Crippen LogP contribution in [0, 0.1) is 0 Å². The highest BCUT2D eigenvalue weighted by Gasteiger charge is 2.10. The minimum atomic E-state index is -0.644. The Morgan fingerprint density at radius 3 is 2.94 bits per heavy atom. The van der Waals surface area contributed by atoms with Gasteiger partial charge in [-0.25, -0.2) is 4.68 Å². The molecule has 1 unspecified atom stereocenters. The zero-order chi connectivity index (χ0) is 13.0. The van der Waals surface area contributed by atoms with Crippen LogP contribution in [0.3, 0.4) is 0 Å². The number of nitrogens with one attached hydrogen (secondary N) is 1. The van der Waals surface area contributed by atoms with Gasteiger partial charge in [0.1, 0.15) is 12.9 Å². The minimum absolute atomic E-state index is 0.0289. The van der Waals surface area contributed by atoms with Crippen molar-refractivity contribution in [2.45, 2.75) is 19.6 Å². The van der Waals surface area contributed by atoms with Gasteiger partial charge in [0, 0.05) is 11.3 Å². The highest BCUT2D eigenvalue weighted by Crippen LogP contribution is 2.21. The molecule has 94 valence electrons. The van der Waals surface area contributed by atoms with Gasteiger partial charge >= 0.3 is 0 Å². The molecule has 2 aromatic rings. The zero-order valence-corrected chi connectivity index (χ0v) is 9.82. The van der Waals surface area contributed by atoms with Crippen LogP contribution in [0.4, 0.5) is 5.69 Å². The van der Waals surface area contributed by atoms with Crippen molar-refractivity contribution in [3.05, 3.63) is 36.2 Å². The predicted molar refractivity (Wildman–Crippen MR) is 63.5 cm³/mol. The third-order valence-corrected chi connectivity index (χ3v) is 2.38. The summed E-state index contributed by atoms with van der Waals surface area (Å²) in [5, 5.41) is 22.8. The van der Waals surface area contributed by atoms with E-state index in [-0.39, 0.29) is 12.5 Å². The Morgan fingerprint density at radius 2 is 2.28 bits per heavy atom. The van der Waals surface area contributed by atoms with E-state index in [4.69, 9.17) is 0 Å². The van der Waals surface area contributed by atoms with Gasteiger partial charge in [0.2, 0.25) is 5.91 Å². The summed E-state index contributed by atoms with van der Waals surface area (Å²) < 4.78 is 1.32. The molecule has 0 aliphatic rings. The SMILES string of the molecule is CC(O)c1ccccc1NC(=O)Cn1cnnn1. The molecular formula is C11H13N5O2. The fourth-order valence-electron chi connectivity index (χ4n) is 1.56. The first-order chi connectivity index (χ1) is 8.66. The van der Waals surface area contributed by atoms with Gasteiger partial charge in [-0.1, -0.05) is 18.2 Å². The number of anilines is 1. The highest BCUT2D eigenvalue weighted by molar-refractivity contribution is 5.91. The highest BCUT2D eigenvalue weighted by atomic mass is 16.3. The third kappa shape index (κ3) is 2.89. The number of aromatic nitrogens is 4. The van der Waals surface area contributed by atoms with Gasteiger partial charge in [-0.15, -0.1) is 5.10 Å². The molecule has 1 atom stereocenters. The fraction of sp³-hybridized carbons (Fsp3) is 0.273. The van der Waals surface area contributed by atoms with E-state index in [0.717, 1.165) is 0 Å². The number of carbonyl (C=O) groups is 1. The second kappa shape index (κ2) is 5.37. The van der Waals surface area contributed by atoms with Crippen LogP contribution >= 0.6 is 0 Å².